The number of piperidine rings is 1. The van der Waals surface area contributed by atoms with E-state index in [9.17, 15) is 44.7 Å². The zero-order chi connectivity index (χ0) is 37.4. The van der Waals surface area contributed by atoms with Crippen molar-refractivity contribution in [2.75, 3.05) is 32.5 Å². The first-order valence-corrected chi connectivity index (χ1v) is 18.8. The van der Waals surface area contributed by atoms with Gasteiger partial charge in [-0.25, -0.2) is 13.4 Å². The van der Waals surface area contributed by atoms with Gasteiger partial charge in [0.25, 0.3) is 5.91 Å². The molecule has 2 atom stereocenters. The van der Waals surface area contributed by atoms with Gasteiger partial charge in [-0.2, -0.15) is 26.3 Å². The van der Waals surface area contributed by atoms with Crippen LogP contribution in [0.25, 0.3) is 22.2 Å². The highest BCUT2D eigenvalue weighted by molar-refractivity contribution is 7.90. The van der Waals surface area contributed by atoms with E-state index in [1.165, 1.54) is 60.7 Å². The van der Waals surface area contributed by atoms with Crippen molar-refractivity contribution in [2.45, 2.75) is 67.6 Å². The van der Waals surface area contributed by atoms with Crippen molar-refractivity contribution in [3.8, 4) is 11.3 Å². The normalized spacial score (nSPS) is 18.9. The standard InChI is InChI=1S/C37H38F6N4O4S/c1-52(50,51)28-12-13-31-29(20-28)32(35(49)45-34(37(41,42)43)23-7-3-2-4-8-23)30(33(44-31)24-9-5-10-25(19-24)36(38,39)40)21-46-17-14-26(15-18-46)47-16-6-11-27(47)22-48/h2-5,7-10,12-13,19-20,26-27,34,48H,6,11,14-18,21-22H2,1H3,(H,45,49)/t27-,34-/m1/s1. The Balaban J connectivity index is 1.52. The smallest absolute Gasteiger partial charge is 0.395 e. The van der Waals surface area contributed by atoms with E-state index in [-0.39, 0.29) is 69.0 Å². The fourth-order valence-electron chi connectivity index (χ4n) is 7.38. The number of alkyl halides is 6. The number of likely N-dealkylation sites (tertiary alicyclic amines) is 2. The number of pyridine rings is 1. The maximum atomic E-state index is 14.6. The summed E-state index contributed by atoms with van der Waals surface area (Å²) in [7, 11) is -3.87. The first-order chi connectivity index (χ1) is 24.5. The molecule has 0 aliphatic carbocycles. The van der Waals surface area contributed by atoms with Crippen LogP contribution in [-0.2, 0) is 22.6 Å². The highest BCUT2D eigenvalue weighted by atomic mass is 32.2. The van der Waals surface area contributed by atoms with Gasteiger partial charge in [-0.3, -0.25) is 14.6 Å². The number of aliphatic hydroxyl groups excluding tert-OH is 1. The number of sulfone groups is 1. The van der Waals surface area contributed by atoms with Gasteiger partial charge >= 0.3 is 12.4 Å². The van der Waals surface area contributed by atoms with E-state index in [0.717, 1.165) is 37.8 Å². The largest absolute Gasteiger partial charge is 0.416 e. The predicted octanol–water partition coefficient (Wildman–Crippen LogP) is 6.78. The summed E-state index contributed by atoms with van der Waals surface area (Å²) < 4.78 is 111. The number of aliphatic hydroxyl groups is 1. The molecule has 2 fully saturated rings. The monoisotopic (exact) mass is 748 g/mol. The van der Waals surface area contributed by atoms with Crippen molar-refractivity contribution in [3.05, 3.63) is 95.1 Å². The van der Waals surface area contributed by atoms with E-state index in [2.05, 4.69) is 15.2 Å². The Morgan fingerprint density at radius 1 is 0.942 bits per heavy atom. The van der Waals surface area contributed by atoms with Gasteiger partial charge in [0.05, 0.1) is 33.8 Å². The number of aromatic nitrogens is 1. The van der Waals surface area contributed by atoms with Gasteiger partial charge in [-0.05, 0) is 81.2 Å². The van der Waals surface area contributed by atoms with Crippen molar-refractivity contribution in [3.63, 3.8) is 0 Å². The Morgan fingerprint density at radius 2 is 1.65 bits per heavy atom. The second-order valence-electron chi connectivity index (χ2n) is 13.4. The van der Waals surface area contributed by atoms with Crippen LogP contribution in [0, 0.1) is 0 Å². The van der Waals surface area contributed by atoms with E-state index in [1.54, 1.807) is 0 Å². The summed E-state index contributed by atoms with van der Waals surface area (Å²) in [5.74, 6) is -1.19. The average Bonchev–Trinajstić information content (AvgIpc) is 3.58. The number of rotatable bonds is 9. The molecule has 0 unspecified atom stereocenters. The lowest BCUT2D eigenvalue weighted by molar-refractivity contribution is -0.155. The molecule has 15 heteroatoms. The molecule has 0 saturated carbocycles. The number of hydrogen-bond acceptors (Lipinski definition) is 7. The van der Waals surface area contributed by atoms with Gasteiger partial charge in [0, 0.05) is 41.4 Å². The van der Waals surface area contributed by atoms with Gasteiger partial charge in [-0.15, -0.1) is 0 Å². The quantitative estimate of drug-likeness (QED) is 0.182. The average molecular weight is 749 g/mol. The van der Waals surface area contributed by atoms with Crippen LogP contribution in [0.1, 0.15) is 58.8 Å². The Kier molecular flexibility index (Phi) is 10.7. The summed E-state index contributed by atoms with van der Waals surface area (Å²) >= 11 is 0. The molecule has 1 amide bonds. The van der Waals surface area contributed by atoms with Crippen molar-refractivity contribution >= 4 is 26.6 Å². The molecule has 52 heavy (non-hydrogen) atoms. The SMILES string of the molecule is CS(=O)(=O)c1ccc2nc(-c3cccc(C(F)(F)F)c3)c(CN3CCC(N4CCC[C@@H]4CO)CC3)c(C(=O)N[C@H](c3ccccc3)C(F)(F)F)c2c1. The molecular formula is C37H38F6N4O4S. The van der Waals surface area contributed by atoms with Gasteiger partial charge in [0.15, 0.2) is 15.9 Å². The summed E-state index contributed by atoms with van der Waals surface area (Å²) in [5, 5.41) is 11.9. The number of halogens is 6. The zero-order valence-electron chi connectivity index (χ0n) is 28.2. The fourth-order valence-corrected chi connectivity index (χ4v) is 8.02. The lowest BCUT2D eigenvalue weighted by atomic mass is 9.93. The van der Waals surface area contributed by atoms with Gasteiger partial charge < -0.3 is 10.4 Å². The van der Waals surface area contributed by atoms with Crippen molar-refractivity contribution in [2.24, 2.45) is 0 Å². The first kappa shape index (κ1) is 37.7. The summed E-state index contributed by atoms with van der Waals surface area (Å²) in [5.41, 5.74) is -1.51. The number of carbonyl (C=O) groups is 1. The molecule has 2 aliphatic rings. The maximum absolute atomic E-state index is 14.6. The van der Waals surface area contributed by atoms with Crippen LogP contribution >= 0.6 is 0 Å². The topological polar surface area (TPSA) is 103 Å². The molecule has 4 aromatic rings. The Labute approximate surface area is 297 Å². The maximum Gasteiger partial charge on any atom is 0.416 e. The second-order valence-corrected chi connectivity index (χ2v) is 15.4. The Morgan fingerprint density at radius 3 is 2.29 bits per heavy atom. The molecular weight excluding hydrogens is 710 g/mol. The fraction of sp³-hybridized carbons (Fsp3) is 0.405. The predicted molar refractivity (Wildman–Crippen MR) is 183 cm³/mol. The van der Waals surface area contributed by atoms with Gasteiger partial charge in [0.2, 0.25) is 0 Å². The molecule has 3 heterocycles. The molecule has 3 aromatic carbocycles. The van der Waals surface area contributed by atoms with Gasteiger partial charge in [0.1, 0.15) is 0 Å². The zero-order valence-corrected chi connectivity index (χ0v) is 29.0. The molecule has 6 rings (SSSR count). The number of nitrogens with one attached hydrogen (secondary N) is 1. The highest BCUT2D eigenvalue weighted by Crippen LogP contribution is 2.38. The van der Waals surface area contributed by atoms with Crippen molar-refractivity contribution < 1.29 is 44.7 Å². The number of amides is 1. The summed E-state index contributed by atoms with van der Waals surface area (Å²) in [6.07, 6.45) is -5.51. The minimum absolute atomic E-state index is 0.0128. The summed E-state index contributed by atoms with van der Waals surface area (Å²) in [6, 6.07) is 12.5. The van der Waals surface area contributed by atoms with E-state index in [4.69, 9.17) is 0 Å². The first-order valence-electron chi connectivity index (χ1n) is 16.9. The van der Waals surface area contributed by atoms with Gasteiger partial charge in [-0.1, -0.05) is 42.5 Å². The molecule has 0 spiro atoms. The molecule has 0 bridgehead atoms. The third-order valence-electron chi connectivity index (χ3n) is 9.95. The minimum Gasteiger partial charge on any atom is -0.395 e. The molecule has 2 saturated heterocycles. The van der Waals surface area contributed by atoms with E-state index in [1.807, 2.05) is 4.90 Å². The number of carbonyl (C=O) groups excluding carboxylic acids is 1. The lowest BCUT2D eigenvalue weighted by Crippen LogP contribution is -2.47. The highest BCUT2D eigenvalue weighted by Gasteiger charge is 2.43. The van der Waals surface area contributed by atoms with E-state index in [0.29, 0.717) is 25.9 Å². The molecule has 1 aromatic heterocycles. The molecule has 278 valence electrons. The third-order valence-corrected chi connectivity index (χ3v) is 11.1. The number of fused-ring (bicyclic) bond motifs is 1. The Hall–Kier alpha value is -4.05. The van der Waals surface area contributed by atoms with E-state index >= 15 is 0 Å². The number of hydrogen-bond donors (Lipinski definition) is 2. The van der Waals surface area contributed by atoms with Crippen LogP contribution in [0.15, 0.2) is 77.7 Å². The summed E-state index contributed by atoms with van der Waals surface area (Å²) in [6.45, 7) is 1.79. The molecule has 0 radical (unpaired) electrons. The second kappa shape index (κ2) is 14.8. The minimum atomic E-state index is -4.94. The van der Waals surface area contributed by atoms with E-state index < -0.39 is 39.7 Å². The number of benzene rings is 3. The molecule has 2 N–H and O–H groups in total. The van der Waals surface area contributed by atoms with Crippen molar-refractivity contribution in [1.29, 1.82) is 0 Å². The third kappa shape index (κ3) is 8.12. The van der Waals surface area contributed by atoms with Crippen LogP contribution in [-0.4, -0.2) is 85.0 Å². The van der Waals surface area contributed by atoms with Crippen LogP contribution in [0.2, 0.25) is 0 Å². The van der Waals surface area contributed by atoms with Crippen LogP contribution in [0.5, 0.6) is 0 Å². The molecule has 2 aliphatic heterocycles. The van der Waals surface area contributed by atoms with Crippen LogP contribution < -0.4 is 5.32 Å². The number of nitrogens with zero attached hydrogens (tertiary/aromatic N) is 3. The van der Waals surface area contributed by atoms with Crippen molar-refractivity contribution in [1.82, 2.24) is 20.1 Å². The van der Waals surface area contributed by atoms with Crippen LogP contribution in [0.3, 0.4) is 0 Å². The summed E-state index contributed by atoms with van der Waals surface area (Å²) in [4.78, 5) is 23.1. The Bertz CT molecular complexity index is 2030. The molecule has 8 nitrogen and oxygen atoms in total. The van der Waals surface area contributed by atoms with Crippen LogP contribution in [0.4, 0.5) is 26.3 Å². The lowest BCUT2D eigenvalue weighted by Gasteiger charge is -2.39.